The molecule has 1 fully saturated rings. The zero-order valence-electron chi connectivity index (χ0n) is 17.5. The predicted molar refractivity (Wildman–Crippen MR) is 111 cm³/mol. The molecule has 2 aliphatic heterocycles. The molecule has 0 saturated carbocycles. The van der Waals surface area contributed by atoms with Crippen molar-refractivity contribution in [2.24, 2.45) is 11.3 Å². The molecular formula is C23H33N3O2. The molecule has 5 heteroatoms. The summed E-state index contributed by atoms with van der Waals surface area (Å²) in [6, 6.07) is 8.60. The molecule has 2 N–H and O–H groups in total. The van der Waals surface area contributed by atoms with E-state index in [4.69, 9.17) is 0 Å². The molecule has 0 amide bonds. The van der Waals surface area contributed by atoms with Gasteiger partial charge >= 0.3 is 0 Å². The Kier molecular flexibility index (Phi) is 4.89. The Labute approximate surface area is 168 Å². The lowest BCUT2D eigenvalue weighted by atomic mass is 9.80. The van der Waals surface area contributed by atoms with E-state index in [-0.39, 0.29) is 23.5 Å². The molecule has 2 aliphatic rings. The van der Waals surface area contributed by atoms with E-state index in [1.54, 1.807) is 0 Å². The first-order chi connectivity index (χ1) is 13.2. The fraction of sp³-hybridized carbons (Fsp3) is 0.609. The van der Waals surface area contributed by atoms with Gasteiger partial charge in [-0.3, -0.25) is 4.90 Å². The highest BCUT2D eigenvalue weighted by Crippen LogP contribution is 2.43. The average molecular weight is 384 g/mol. The molecule has 3 atom stereocenters. The minimum absolute atomic E-state index is 0.152. The Bertz CT molecular complexity index is 828. The van der Waals surface area contributed by atoms with Crippen LogP contribution in [0.25, 0.3) is 11.3 Å². The van der Waals surface area contributed by atoms with E-state index in [2.05, 4.69) is 59.5 Å². The van der Waals surface area contributed by atoms with Gasteiger partial charge in [0.1, 0.15) is 5.72 Å². The number of nitrogens with zero attached hydrogens (tertiary/aromatic N) is 3. The minimum Gasteiger partial charge on any atom is -0.393 e. The minimum atomic E-state index is -0.834. The van der Waals surface area contributed by atoms with E-state index in [9.17, 15) is 10.2 Å². The molecular weight excluding hydrogens is 350 g/mol. The largest absolute Gasteiger partial charge is 0.393 e. The molecule has 1 aromatic carbocycles. The highest BCUT2D eigenvalue weighted by atomic mass is 16.3. The first-order valence-electron chi connectivity index (χ1n) is 10.5. The van der Waals surface area contributed by atoms with Crippen LogP contribution in [0.15, 0.2) is 36.8 Å². The van der Waals surface area contributed by atoms with Gasteiger partial charge in [0, 0.05) is 24.1 Å². The lowest BCUT2D eigenvalue weighted by Gasteiger charge is -2.49. The van der Waals surface area contributed by atoms with E-state index in [0.717, 1.165) is 31.6 Å². The van der Waals surface area contributed by atoms with Crippen LogP contribution in [0.2, 0.25) is 0 Å². The molecule has 3 unspecified atom stereocenters. The van der Waals surface area contributed by atoms with Crippen molar-refractivity contribution in [3.8, 4) is 11.3 Å². The van der Waals surface area contributed by atoms with Crippen LogP contribution in [0.3, 0.4) is 0 Å². The van der Waals surface area contributed by atoms with E-state index >= 15 is 0 Å². The molecule has 1 aromatic heterocycles. The Morgan fingerprint density at radius 2 is 1.82 bits per heavy atom. The van der Waals surface area contributed by atoms with E-state index in [0.29, 0.717) is 6.42 Å². The van der Waals surface area contributed by atoms with E-state index in [1.165, 1.54) is 11.1 Å². The number of rotatable bonds is 4. The summed E-state index contributed by atoms with van der Waals surface area (Å²) in [6.45, 7) is 9.80. The fourth-order valence-corrected chi connectivity index (χ4v) is 4.79. The maximum absolute atomic E-state index is 11.1. The van der Waals surface area contributed by atoms with Gasteiger partial charge in [-0.1, -0.05) is 45.0 Å². The molecule has 3 heterocycles. The van der Waals surface area contributed by atoms with E-state index in [1.807, 2.05) is 19.4 Å². The summed E-state index contributed by atoms with van der Waals surface area (Å²) < 4.78 is 2.20. The fourth-order valence-electron chi connectivity index (χ4n) is 4.79. The summed E-state index contributed by atoms with van der Waals surface area (Å²) in [5.74, 6) is 0.270. The average Bonchev–Trinajstić information content (AvgIpc) is 3.24. The molecule has 0 aliphatic carbocycles. The van der Waals surface area contributed by atoms with E-state index < -0.39 is 5.72 Å². The number of likely N-dealkylation sites (tertiary alicyclic amines) is 1. The number of imidazole rings is 1. The zero-order chi connectivity index (χ0) is 20.1. The van der Waals surface area contributed by atoms with Gasteiger partial charge in [0.25, 0.3) is 0 Å². The van der Waals surface area contributed by atoms with Crippen LogP contribution < -0.4 is 0 Å². The van der Waals surface area contributed by atoms with Crippen molar-refractivity contribution in [1.29, 1.82) is 0 Å². The Morgan fingerprint density at radius 1 is 1.14 bits per heavy atom. The number of hydrogen-bond donors (Lipinski definition) is 2. The number of aliphatic hydroxyl groups is 2. The summed E-state index contributed by atoms with van der Waals surface area (Å²) >= 11 is 0. The molecule has 0 spiro atoms. The van der Waals surface area contributed by atoms with Gasteiger partial charge in [0.15, 0.2) is 0 Å². The van der Waals surface area contributed by atoms with Gasteiger partial charge in [-0.15, -0.1) is 0 Å². The monoisotopic (exact) mass is 383 g/mol. The third-order valence-corrected chi connectivity index (χ3v) is 7.18. The second-order valence-electron chi connectivity index (χ2n) is 9.69. The first-order valence-corrected chi connectivity index (χ1v) is 10.5. The van der Waals surface area contributed by atoms with Crippen LogP contribution in [0.5, 0.6) is 0 Å². The van der Waals surface area contributed by atoms with Crippen LogP contribution in [-0.4, -0.2) is 49.6 Å². The van der Waals surface area contributed by atoms with Crippen LogP contribution in [0, 0.1) is 11.3 Å². The number of aromatic nitrogens is 2. The van der Waals surface area contributed by atoms with Crippen LogP contribution in [0.4, 0.5) is 0 Å². The number of fused-ring (bicyclic) bond motifs is 3. The molecule has 152 valence electrons. The highest BCUT2D eigenvalue weighted by Gasteiger charge is 2.43. The summed E-state index contributed by atoms with van der Waals surface area (Å²) in [5.41, 5.74) is 2.62. The van der Waals surface area contributed by atoms with Crippen molar-refractivity contribution in [1.82, 2.24) is 14.5 Å². The predicted octanol–water partition coefficient (Wildman–Crippen LogP) is 3.67. The lowest BCUT2D eigenvalue weighted by Crippen LogP contribution is -2.57. The van der Waals surface area contributed by atoms with Crippen molar-refractivity contribution in [2.75, 3.05) is 13.1 Å². The van der Waals surface area contributed by atoms with Gasteiger partial charge in [-0.05, 0) is 37.7 Å². The topological polar surface area (TPSA) is 61.5 Å². The highest BCUT2D eigenvalue weighted by molar-refractivity contribution is 5.68. The van der Waals surface area contributed by atoms with Crippen LogP contribution in [0.1, 0.15) is 58.6 Å². The third kappa shape index (κ3) is 3.19. The summed E-state index contributed by atoms with van der Waals surface area (Å²) in [6.07, 6.45) is 5.99. The number of hydrogen-bond acceptors (Lipinski definition) is 4. The summed E-state index contributed by atoms with van der Waals surface area (Å²) in [7, 11) is 0. The van der Waals surface area contributed by atoms with Crippen molar-refractivity contribution in [3.63, 3.8) is 0 Å². The molecule has 0 radical (unpaired) electrons. The SMILES string of the molecule is CC(C)(C)C(C)(O)N1CCC(C(O)CC2c3ccccc3-c3cncn32)CC1. The van der Waals surface area contributed by atoms with Gasteiger partial charge < -0.3 is 14.8 Å². The van der Waals surface area contributed by atoms with Gasteiger partial charge in [-0.25, -0.2) is 4.98 Å². The quantitative estimate of drug-likeness (QED) is 0.846. The van der Waals surface area contributed by atoms with Crippen molar-refractivity contribution >= 4 is 0 Å². The Morgan fingerprint density at radius 3 is 2.50 bits per heavy atom. The smallest absolute Gasteiger partial charge is 0.120 e. The molecule has 5 nitrogen and oxygen atoms in total. The Balaban J connectivity index is 1.43. The second kappa shape index (κ2) is 6.97. The molecule has 4 rings (SSSR count). The normalized spacial score (nSPS) is 23.9. The maximum atomic E-state index is 11.1. The van der Waals surface area contributed by atoms with Gasteiger partial charge in [0.05, 0.1) is 30.4 Å². The van der Waals surface area contributed by atoms with Crippen LogP contribution >= 0.6 is 0 Å². The molecule has 0 bridgehead atoms. The van der Waals surface area contributed by atoms with Gasteiger partial charge in [-0.2, -0.15) is 0 Å². The summed E-state index contributed by atoms with van der Waals surface area (Å²) in [4.78, 5) is 6.50. The number of aliphatic hydroxyl groups excluding tert-OH is 1. The standard InChI is InChI=1S/C23H33N3O2/c1-22(2,3)23(4,28)25-11-9-16(10-12-25)21(27)13-19-17-7-5-6-8-18(17)20-14-24-15-26(19)20/h5-8,14-16,19,21,27-28H,9-13H2,1-4H3. The molecule has 2 aromatic rings. The van der Waals surface area contributed by atoms with Crippen molar-refractivity contribution in [2.45, 2.75) is 64.8 Å². The maximum Gasteiger partial charge on any atom is 0.120 e. The summed E-state index contributed by atoms with van der Waals surface area (Å²) in [5, 5.41) is 22.0. The third-order valence-electron chi connectivity index (χ3n) is 7.18. The molecule has 28 heavy (non-hydrogen) atoms. The number of benzene rings is 1. The first kappa shape index (κ1) is 19.6. The van der Waals surface area contributed by atoms with Crippen molar-refractivity contribution in [3.05, 3.63) is 42.4 Å². The lowest BCUT2D eigenvalue weighted by molar-refractivity contribution is -0.176. The zero-order valence-corrected chi connectivity index (χ0v) is 17.5. The molecule has 1 saturated heterocycles. The second-order valence-corrected chi connectivity index (χ2v) is 9.69. The Hall–Kier alpha value is -1.69. The van der Waals surface area contributed by atoms with Crippen LogP contribution in [-0.2, 0) is 0 Å². The van der Waals surface area contributed by atoms with Gasteiger partial charge in [0.2, 0.25) is 0 Å². The van der Waals surface area contributed by atoms with Crippen molar-refractivity contribution < 1.29 is 10.2 Å². The number of piperidine rings is 1.